The average Bonchev–Trinajstić information content (AvgIpc) is 2.91. The Bertz CT molecular complexity index is 987. The largest absolute Gasteiger partial charge is 0.353 e. The van der Waals surface area contributed by atoms with Crippen LogP contribution in [-0.4, -0.2) is 47.8 Å². The molecule has 168 valence electrons. The van der Waals surface area contributed by atoms with Crippen LogP contribution < -0.4 is 16.0 Å². The van der Waals surface area contributed by atoms with Crippen molar-refractivity contribution in [1.82, 2.24) is 15.5 Å². The van der Waals surface area contributed by atoms with Gasteiger partial charge in [0, 0.05) is 32.1 Å². The van der Waals surface area contributed by atoms with E-state index in [9.17, 15) is 18.8 Å². The van der Waals surface area contributed by atoms with Gasteiger partial charge in [-0.1, -0.05) is 24.3 Å². The van der Waals surface area contributed by atoms with Gasteiger partial charge in [0.15, 0.2) is 0 Å². The van der Waals surface area contributed by atoms with E-state index in [1.807, 2.05) is 0 Å². The van der Waals surface area contributed by atoms with Crippen LogP contribution >= 0.6 is 0 Å². The number of para-hydroxylation sites is 1. The summed E-state index contributed by atoms with van der Waals surface area (Å²) in [7, 11) is 0. The van der Waals surface area contributed by atoms with Crippen LogP contribution in [-0.2, 0) is 16.1 Å². The quantitative estimate of drug-likeness (QED) is 0.646. The highest BCUT2D eigenvalue weighted by Gasteiger charge is 2.28. The number of likely N-dealkylation sites (tertiary alicyclic amines) is 1. The van der Waals surface area contributed by atoms with Crippen LogP contribution in [0.5, 0.6) is 0 Å². The van der Waals surface area contributed by atoms with Gasteiger partial charge in [0.1, 0.15) is 11.9 Å². The number of anilines is 1. The molecule has 8 heteroatoms. The molecule has 2 aliphatic rings. The van der Waals surface area contributed by atoms with Crippen molar-refractivity contribution in [3.8, 4) is 0 Å². The predicted molar refractivity (Wildman–Crippen MR) is 118 cm³/mol. The first kappa shape index (κ1) is 22.0. The Morgan fingerprint density at radius 3 is 2.53 bits per heavy atom. The lowest BCUT2D eigenvalue weighted by atomic mass is 10.0. The molecule has 4 rings (SSSR count). The summed E-state index contributed by atoms with van der Waals surface area (Å²) in [6.45, 7) is 2.46. The molecule has 0 aliphatic carbocycles. The van der Waals surface area contributed by atoms with E-state index in [0.29, 0.717) is 11.3 Å². The van der Waals surface area contributed by atoms with Crippen molar-refractivity contribution in [1.29, 1.82) is 0 Å². The Morgan fingerprint density at radius 2 is 1.78 bits per heavy atom. The number of amides is 3. The highest BCUT2D eigenvalue weighted by molar-refractivity contribution is 6.09. The first-order chi connectivity index (χ1) is 15.5. The summed E-state index contributed by atoms with van der Waals surface area (Å²) in [5, 5.41) is 8.52. The molecule has 0 saturated carbocycles. The molecule has 3 N–H and O–H groups in total. The van der Waals surface area contributed by atoms with E-state index in [1.54, 1.807) is 36.4 Å². The number of nitrogens with one attached hydrogen (secondary N) is 3. The number of nitrogens with zero attached hydrogens (tertiary/aromatic N) is 1. The number of hydrogen-bond acceptors (Lipinski definition) is 4. The molecule has 0 aromatic heterocycles. The molecule has 1 saturated heterocycles. The van der Waals surface area contributed by atoms with Gasteiger partial charge in [-0.3, -0.25) is 19.3 Å². The standard InChI is InChI=1S/C24H27FN4O3/c25-17-7-5-16(6-8-17)15-29-13-11-18(12-14-29)26-22(30)10-9-21-24(32)27-20-4-2-1-3-19(20)23(31)28-21/h1-8,18,21H,9-15H2,(H,26,30)(H,27,32)(H,28,31)/t21-/m0/s1. The van der Waals surface area contributed by atoms with Crippen molar-refractivity contribution in [2.24, 2.45) is 0 Å². The lowest BCUT2D eigenvalue weighted by Gasteiger charge is -2.32. The smallest absolute Gasteiger partial charge is 0.254 e. The summed E-state index contributed by atoms with van der Waals surface area (Å²) in [5.41, 5.74) is 1.97. The van der Waals surface area contributed by atoms with E-state index < -0.39 is 6.04 Å². The Morgan fingerprint density at radius 1 is 1.06 bits per heavy atom. The number of piperidine rings is 1. The number of halogens is 1. The van der Waals surface area contributed by atoms with Crippen molar-refractivity contribution in [3.05, 3.63) is 65.5 Å². The molecule has 1 fully saturated rings. The molecule has 3 amide bonds. The summed E-state index contributed by atoms with van der Waals surface area (Å²) in [6, 6.07) is 12.7. The fraction of sp³-hybridized carbons (Fsp3) is 0.375. The topological polar surface area (TPSA) is 90.5 Å². The van der Waals surface area contributed by atoms with Crippen LogP contribution in [0.4, 0.5) is 10.1 Å². The second kappa shape index (κ2) is 9.91. The summed E-state index contributed by atoms with van der Waals surface area (Å²) in [5.74, 6) is -0.991. The normalized spacial score (nSPS) is 19.5. The Hall–Kier alpha value is -3.26. The minimum atomic E-state index is -0.752. The maximum Gasteiger partial charge on any atom is 0.254 e. The third-order valence-electron chi connectivity index (χ3n) is 5.98. The number of hydrogen-bond donors (Lipinski definition) is 3. The lowest BCUT2D eigenvalue weighted by Crippen LogP contribution is -2.45. The van der Waals surface area contributed by atoms with Gasteiger partial charge >= 0.3 is 0 Å². The summed E-state index contributed by atoms with van der Waals surface area (Å²) < 4.78 is 13.0. The zero-order valence-corrected chi connectivity index (χ0v) is 17.8. The Balaban J connectivity index is 1.21. The monoisotopic (exact) mass is 438 g/mol. The molecule has 0 unspecified atom stereocenters. The summed E-state index contributed by atoms with van der Waals surface area (Å²) in [4.78, 5) is 39.6. The zero-order chi connectivity index (χ0) is 22.5. The van der Waals surface area contributed by atoms with Gasteiger partial charge in [-0.05, 0) is 49.1 Å². The van der Waals surface area contributed by atoms with E-state index in [1.165, 1.54) is 12.1 Å². The first-order valence-electron chi connectivity index (χ1n) is 10.9. The lowest BCUT2D eigenvalue weighted by molar-refractivity contribution is -0.122. The molecular weight excluding hydrogens is 411 g/mol. The van der Waals surface area contributed by atoms with Crippen LogP contribution in [0.1, 0.15) is 41.6 Å². The molecule has 1 atom stereocenters. The zero-order valence-electron chi connectivity index (χ0n) is 17.8. The number of rotatable bonds is 6. The average molecular weight is 439 g/mol. The maximum atomic E-state index is 13.0. The van der Waals surface area contributed by atoms with E-state index in [4.69, 9.17) is 0 Å². The molecular formula is C24H27FN4O3. The van der Waals surface area contributed by atoms with Crippen molar-refractivity contribution < 1.29 is 18.8 Å². The third-order valence-corrected chi connectivity index (χ3v) is 5.98. The van der Waals surface area contributed by atoms with E-state index in [0.717, 1.165) is 38.0 Å². The van der Waals surface area contributed by atoms with Crippen LogP contribution in [0, 0.1) is 5.82 Å². The maximum absolute atomic E-state index is 13.0. The van der Waals surface area contributed by atoms with Gasteiger partial charge in [-0.25, -0.2) is 4.39 Å². The second-order valence-electron chi connectivity index (χ2n) is 8.34. The minimum absolute atomic E-state index is 0.0915. The van der Waals surface area contributed by atoms with Crippen LogP contribution in [0.2, 0.25) is 0 Å². The number of carbonyl (C=O) groups is 3. The molecule has 7 nitrogen and oxygen atoms in total. The first-order valence-corrected chi connectivity index (χ1v) is 10.9. The molecule has 32 heavy (non-hydrogen) atoms. The Kier molecular flexibility index (Phi) is 6.80. The molecule has 2 aliphatic heterocycles. The van der Waals surface area contributed by atoms with Gasteiger partial charge < -0.3 is 16.0 Å². The third kappa shape index (κ3) is 5.50. The predicted octanol–water partition coefficient (Wildman–Crippen LogP) is 2.44. The van der Waals surface area contributed by atoms with Gasteiger partial charge in [-0.2, -0.15) is 0 Å². The fourth-order valence-electron chi connectivity index (χ4n) is 4.17. The molecule has 0 spiro atoms. The van der Waals surface area contributed by atoms with E-state index >= 15 is 0 Å². The summed E-state index contributed by atoms with van der Waals surface area (Å²) in [6.07, 6.45) is 2.07. The van der Waals surface area contributed by atoms with Gasteiger partial charge in [0.25, 0.3) is 5.91 Å². The number of fused-ring (bicyclic) bond motifs is 1. The van der Waals surface area contributed by atoms with Crippen LogP contribution in [0.15, 0.2) is 48.5 Å². The Labute approximate surface area is 186 Å². The van der Waals surface area contributed by atoms with Crippen LogP contribution in [0.3, 0.4) is 0 Å². The second-order valence-corrected chi connectivity index (χ2v) is 8.34. The van der Waals surface area contributed by atoms with Crippen molar-refractivity contribution in [2.75, 3.05) is 18.4 Å². The van der Waals surface area contributed by atoms with Crippen molar-refractivity contribution >= 4 is 23.4 Å². The number of carbonyl (C=O) groups excluding carboxylic acids is 3. The number of benzene rings is 2. The molecule has 2 aromatic rings. The molecule has 0 radical (unpaired) electrons. The molecule has 0 bridgehead atoms. The van der Waals surface area contributed by atoms with Crippen molar-refractivity contribution in [3.63, 3.8) is 0 Å². The van der Waals surface area contributed by atoms with E-state index in [-0.39, 0.29) is 42.4 Å². The van der Waals surface area contributed by atoms with Crippen molar-refractivity contribution in [2.45, 2.75) is 44.3 Å². The minimum Gasteiger partial charge on any atom is -0.353 e. The SMILES string of the molecule is O=C(CC[C@@H]1NC(=O)c2ccccc2NC1=O)NC1CCN(Cc2ccc(F)cc2)CC1. The summed E-state index contributed by atoms with van der Waals surface area (Å²) >= 11 is 0. The van der Waals surface area contributed by atoms with E-state index in [2.05, 4.69) is 20.9 Å². The van der Waals surface area contributed by atoms with Crippen LogP contribution in [0.25, 0.3) is 0 Å². The van der Waals surface area contributed by atoms with Gasteiger partial charge in [0.05, 0.1) is 11.3 Å². The fourth-order valence-corrected chi connectivity index (χ4v) is 4.17. The van der Waals surface area contributed by atoms with Gasteiger partial charge in [0.2, 0.25) is 11.8 Å². The highest BCUT2D eigenvalue weighted by atomic mass is 19.1. The molecule has 2 heterocycles. The van der Waals surface area contributed by atoms with Gasteiger partial charge in [-0.15, -0.1) is 0 Å². The molecule has 2 aromatic carbocycles. The highest BCUT2D eigenvalue weighted by Crippen LogP contribution is 2.19.